The highest BCUT2D eigenvalue weighted by atomic mass is 32.2. The fourth-order valence-electron chi connectivity index (χ4n) is 1.17. The van der Waals surface area contributed by atoms with Gasteiger partial charge in [-0.2, -0.15) is 13.5 Å². The van der Waals surface area contributed by atoms with Gasteiger partial charge < -0.3 is 4.57 Å². The van der Waals surface area contributed by atoms with Crippen LogP contribution in [0.5, 0.6) is 0 Å². The van der Waals surface area contributed by atoms with Gasteiger partial charge in [-0.05, 0) is 6.92 Å². The third-order valence-corrected chi connectivity index (χ3v) is 3.27. The summed E-state index contributed by atoms with van der Waals surface area (Å²) in [6.07, 6.45) is 5.79. The molecule has 8 heteroatoms. The Hall–Kier alpha value is -1.83. The Kier molecular flexibility index (Phi) is 2.65. The molecule has 86 valence electrons. The lowest BCUT2D eigenvalue weighted by Crippen LogP contribution is -2.12. The topological polar surface area (TPSA) is 92.7 Å². The van der Waals surface area contributed by atoms with E-state index in [1.54, 1.807) is 4.57 Å². The van der Waals surface area contributed by atoms with Crippen molar-refractivity contribution in [2.45, 2.75) is 18.5 Å². The van der Waals surface area contributed by atoms with E-state index in [1.807, 2.05) is 6.92 Å². The summed E-state index contributed by atoms with van der Waals surface area (Å²) in [7, 11) is -3.61. The molecule has 0 bridgehead atoms. The lowest BCUT2D eigenvalue weighted by Gasteiger charge is -2.01. The van der Waals surface area contributed by atoms with Gasteiger partial charge in [0.15, 0.2) is 5.03 Å². The van der Waals surface area contributed by atoms with E-state index >= 15 is 0 Å². The van der Waals surface area contributed by atoms with Gasteiger partial charge in [-0.15, -0.1) is 0 Å². The standard InChI is InChI=1S/C8H11N5O2S/c1-2-13-5-8(9-6-13)16(14,15)12-7-3-10-11-4-7/h3-6,12H,2H2,1H3,(H,10,11). The van der Waals surface area contributed by atoms with Crippen LogP contribution in [0.4, 0.5) is 5.69 Å². The number of nitrogens with zero attached hydrogens (tertiary/aromatic N) is 3. The highest BCUT2D eigenvalue weighted by molar-refractivity contribution is 7.92. The summed E-state index contributed by atoms with van der Waals surface area (Å²) in [5.41, 5.74) is 0.381. The van der Waals surface area contributed by atoms with Crippen LogP contribution in [0.15, 0.2) is 29.9 Å². The summed E-state index contributed by atoms with van der Waals surface area (Å²) in [5.74, 6) is 0. The number of aryl methyl sites for hydroxylation is 1. The molecule has 0 aliphatic rings. The van der Waals surface area contributed by atoms with Crippen LogP contribution in [-0.2, 0) is 16.6 Å². The van der Waals surface area contributed by atoms with Crippen molar-refractivity contribution in [3.05, 3.63) is 24.9 Å². The first-order chi connectivity index (χ1) is 7.62. The predicted molar refractivity (Wildman–Crippen MR) is 57.3 cm³/mol. The molecular formula is C8H11N5O2S. The average Bonchev–Trinajstić information content (AvgIpc) is 2.85. The van der Waals surface area contributed by atoms with E-state index in [9.17, 15) is 8.42 Å². The lowest BCUT2D eigenvalue weighted by atomic mass is 10.6. The summed E-state index contributed by atoms with van der Waals surface area (Å²) in [4.78, 5) is 3.82. The molecule has 0 aliphatic carbocycles. The molecule has 0 aliphatic heterocycles. The Morgan fingerprint density at radius 1 is 1.56 bits per heavy atom. The molecule has 2 aromatic heterocycles. The largest absolute Gasteiger partial charge is 0.336 e. The molecule has 0 atom stereocenters. The molecule has 0 spiro atoms. The van der Waals surface area contributed by atoms with Crippen LogP contribution in [-0.4, -0.2) is 28.2 Å². The van der Waals surface area contributed by atoms with Crippen molar-refractivity contribution in [3.63, 3.8) is 0 Å². The zero-order valence-electron chi connectivity index (χ0n) is 8.58. The normalized spacial score (nSPS) is 11.6. The van der Waals surface area contributed by atoms with Gasteiger partial charge in [-0.1, -0.05) is 0 Å². The van der Waals surface area contributed by atoms with Crippen molar-refractivity contribution in [1.29, 1.82) is 0 Å². The monoisotopic (exact) mass is 241 g/mol. The Morgan fingerprint density at radius 2 is 2.38 bits per heavy atom. The number of imidazole rings is 1. The fourth-order valence-corrected chi connectivity index (χ4v) is 2.15. The Labute approximate surface area is 92.6 Å². The van der Waals surface area contributed by atoms with Crippen molar-refractivity contribution >= 4 is 15.7 Å². The number of aromatic nitrogens is 4. The van der Waals surface area contributed by atoms with Gasteiger partial charge in [0.25, 0.3) is 10.0 Å². The first kappa shape index (κ1) is 10.7. The van der Waals surface area contributed by atoms with E-state index in [0.29, 0.717) is 12.2 Å². The molecular weight excluding hydrogens is 230 g/mol. The summed E-state index contributed by atoms with van der Waals surface area (Å²) in [6.45, 7) is 2.58. The first-order valence-electron chi connectivity index (χ1n) is 4.65. The van der Waals surface area contributed by atoms with Gasteiger partial charge in [0, 0.05) is 18.9 Å². The summed E-state index contributed by atoms with van der Waals surface area (Å²) in [5, 5.41) is 6.16. The highest BCUT2D eigenvalue weighted by Gasteiger charge is 2.17. The molecule has 2 N–H and O–H groups in total. The average molecular weight is 241 g/mol. The molecule has 0 saturated carbocycles. The summed E-state index contributed by atoms with van der Waals surface area (Å²) >= 11 is 0. The van der Waals surface area contributed by atoms with E-state index < -0.39 is 10.0 Å². The van der Waals surface area contributed by atoms with Gasteiger partial charge in [0.2, 0.25) is 0 Å². The van der Waals surface area contributed by atoms with Gasteiger partial charge in [-0.3, -0.25) is 9.82 Å². The molecule has 0 radical (unpaired) electrons. The molecule has 0 fully saturated rings. The Balaban J connectivity index is 2.25. The number of sulfonamides is 1. The van der Waals surface area contributed by atoms with E-state index in [2.05, 4.69) is 19.9 Å². The minimum absolute atomic E-state index is 0.00412. The van der Waals surface area contributed by atoms with Gasteiger partial charge in [0.1, 0.15) is 0 Å². The lowest BCUT2D eigenvalue weighted by molar-refractivity contribution is 0.598. The Bertz CT molecular complexity index is 557. The zero-order chi connectivity index (χ0) is 11.6. The van der Waals surface area contributed by atoms with Gasteiger partial charge in [-0.25, -0.2) is 4.98 Å². The van der Waals surface area contributed by atoms with E-state index in [1.165, 1.54) is 24.9 Å². The van der Waals surface area contributed by atoms with E-state index in [0.717, 1.165) is 0 Å². The predicted octanol–water partition coefficient (Wildman–Crippen LogP) is 0.427. The number of anilines is 1. The van der Waals surface area contributed by atoms with Crippen molar-refractivity contribution in [3.8, 4) is 0 Å². The second-order valence-electron chi connectivity index (χ2n) is 3.13. The van der Waals surface area contributed by atoms with Crippen molar-refractivity contribution in [1.82, 2.24) is 19.7 Å². The molecule has 2 heterocycles. The van der Waals surface area contributed by atoms with E-state index in [4.69, 9.17) is 0 Å². The van der Waals surface area contributed by atoms with Crippen LogP contribution < -0.4 is 4.72 Å². The molecule has 0 aromatic carbocycles. The maximum absolute atomic E-state index is 11.8. The first-order valence-corrected chi connectivity index (χ1v) is 6.13. The second-order valence-corrected chi connectivity index (χ2v) is 4.76. The van der Waals surface area contributed by atoms with Gasteiger partial charge >= 0.3 is 0 Å². The van der Waals surface area contributed by atoms with Crippen molar-refractivity contribution < 1.29 is 8.42 Å². The van der Waals surface area contributed by atoms with Crippen LogP contribution in [0.2, 0.25) is 0 Å². The van der Waals surface area contributed by atoms with Crippen LogP contribution >= 0.6 is 0 Å². The minimum Gasteiger partial charge on any atom is -0.336 e. The second kappa shape index (κ2) is 3.97. The number of rotatable bonds is 4. The van der Waals surface area contributed by atoms with Crippen molar-refractivity contribution in [2.75, 3.05) is 4.72 Å². The number of hydrogen-bond acceptors (Lipinski definition) is 4. The molecule has 0 unspecified atom stereocenters. The third-order valence-electron chi connectivity index (χ3n) is 2.00. The molecule has 0 amide bonds. The molecule has 2 aromatic rings. The summed E-state index contributed by atoms with van der Waals surface area (Å²) < 4.78 is 27.6. The van der Waals surface area contributed by atoms with Gasteiger partial charge in [0.05, 0.1) is 18.2 Å². The molecule has 0 saturated heterocycles. The summed E-state index contributed by atoms with van der Waals surface area (Å²) in [6, 6.07) is 0. The Morgan fingerprint density at radius 3 is 2.94 bits per heavy atom. The maximum Gasteiger partial charge on any atom is 0.281 e. The fraction of sp³-hybridized carbons (Fsp3) is 0.250. The number of aromatic amines is 1. The number of nitrogens with one attached hydrogen (secondary N) is 2. The smallest absolute Gasteiger partial charge is 0.281 e. The van der Waals surface area contributed by atoms with Crippen LogP contribution in [0.1, 0.15) is 6.92 Å². The molecule has 2 rings (SSSR count). The van der Waals surface area contributed by atoms with E-state index in [-0.39, 0.29) is 5.03 Å². The highest BCUT2D eigenvalue weighted by Crippen LogP contribution is 2.12. The quantitative estimate of drug-likeness (QED) is 0.811. The van der Waals surface area contributed by atoms with Crippen LogP contribution in [0, 0.1) is 0 Å². The maximum atomic E-state index is 11.8. The minimum atomic E-state index is -3.61. The number of hydrogen-bond donors (Lipinski definition) is 2. The third kappa shape index (κ3) is 2.06. The van der Waals surface area contributed by atoms with Crippen LogP contribution in [0.3, 0.4) is 0 Å². The van der Waals surface area contributed by atoms with Crippen LogP contribution in [0.25, 0.3) is 0 Å². The SMILES string of the molecule is CCn1cnc(S(=O)(=O)Nc2cn[nH]c2)c1. The zero-order valence-corrected chi connectivity index (χ0v) is 9.40. The number of H-pyrrole nitrogens is 1. The van der Waals surface area contributed by atoms with Crippen molar-refractivity contribution in [2.24, 2.45) is 0 Å². The molecule has 7 nitrogen and oxygen atoms in total. The molecule has 16 heavy (non-hydrogen) atoms.